The molecule has 0 saturated heterocycles. The molecule has 0 spiro atoms. The molecule has 0 atom stereocenters. The van der Waals surface area contributed by atoms with Crippen LogP contribution in [0.4, 0.5) is 0 Å². The summed E-state index contributed by atoms with van der Waals surface area (Å²) in [5.41, 5.74) is 0. The van der Waals surface area contributed by atoms with Crippen LogP contribution in [0.25, 0.3) is 0 Å². The maximum Gasteiger partial charge on any atom is 0.216 e. The predicted octanol–water partition coefficient (Wildman–Crippen LogP) is 4.30. The van der Waals surface area contributed by atoms with Gasteiger partial charge in [0.2, 0.25) is 4.77 Å². The number of nitrogens with one attached hydrogen (secondary N) is 1. The summed E-state index contributed by atoms with van der Waals surface area (Å²) < 4.78 is 13.0. The van der Waals surface area contributed by atoms with E-state index < -0.39 is 0 Å². The number of rotatable bonds is 5. The molecule has 9 heteroatoms. The molecule has 6 nitrogen and oxygen atoms in total. The van der Waals surface area contributed by atoms with Crippen molar-refractivity contribution in [2.24, 2.45) is 5.10 Å². The van der Waals surface area contributed by atoms with Gasteiger partial charge in [-0.05, 0) is 36.5 Å². The van der Waals surface area contributed by atoms with Gasteiger partial charge in [0.15, 0.2) is 5.75 Å². The Hall–Kier alpha value is -2.09. The average Bonchev–Trinajstić information content (AvgIpc) is 3.14. The van der Waals surface area contributed by atoms with Crippen molar-refractivity contribution in [3.63, 3.8) is 0 Å². The third kappa shape index (κ3) is 3.82. The van der Waals surface area contributed by atoms with E-state index in [-0.39, 0.29) is 6.61 Å². The number of benzene rings is 1. The number of hydrogen-bond donors (Lipinski definition) is 1. The number of nitrogens with zero attached hydrogens (tertiary/aromatic N) is 3. The fraction of sp³-hybridized carbons (Fsp3) is 0.0714. The molecular weight excluding hydrogens is 359 g/mol. The minimum Gasteiger partial charge on any atom is -0.483 e. The first-order valence-electron chi connectivity index (χ1n) is 6.45. The third-order valence-corrected chi connectivity index (χ3v) is 3.68. The lowest BCUT2D eigenvalue weighted by Gasteiger charge is -2.07. The Morgan fingerprint density at radius 1 is 1.30 bits per heavy atom. The molecule has 0 amide bonds. The zero-order valence-corrected chi connectivity index (χ0v) is 13.9. The van der Waals surface area contributed by atoms with Crippen molar-refractivity contribution >= 4 is 41.6 Å². The van der Waals surface area contributed by atoms with Gasteiger partial charge in [0, 0.05) is 0 Å². The first kappa shape index (κ1) is 15.8. The molecule has 1 N–H and O–H groups in total. The van der Waals surface area contributed by atoms with Gasteiger partial charge in [-0.25, -0.2) is 0 Å². The number of H-pyrrole nitrogens is 1. The minimum atomic E-state index is 0.197. The second kappa shape index (κ2) is 6.99. The lowest BCUT2D eigenvalue weighted by Crippen LogP contribution is -1.95. The van der Waals surface area contributed by atoms with Gasteiger partial charge in [-0.3, -0.25) is 5.10 Å². The normalized spacial score (nSPS) is 11.2. The van der Waals surface area contributed by atoms with Crippen LogP contribution in [0.5, 0.6) is 5.75 Å². The smallest absolute Gasteiger partial charge is 0.216 e. The Labute approximate surface area is 146 Å². The lowest BCUT2D eigenvalue weighted by atomic mass is 10.3. The number of aromatic nitrogens is 3. The molecule has 3 aromatic rings. The Morgan fingerprint density at radius 2 is 2.09 bits per heavy atom. The van der Waals surface area contributed by atoms with E-state index in [2.05, 4.69) is 15.3 Å². The molecule has 0 fully saturated rings. The SMILES string of the molecule is S=c1[nH]ncn1N=Cc1ccc(COc2c(Cl)cccc2Cl)o1. The van der Waals surface area contributed by atoms with E-state index in [0.717, 1.165) is 0 Å². The van der Waals surface area contributed by atoms with Gasteiger partial charge in [-0.2, -0.15) is 14.9 Å². The average molecular weight is 369 g/mol. The zero-order valence-electron chi connectivity index (χ0n) is 11.6. The molecule has 118 valence electrons. The van der Waals surface area contributed by atoms with E-state index in [1.165, 1.54) is 17.2 Å². The summed E-state index contributed by atoms with van der Waals surface area (Å²) in [7, 11) is 0. The quantitative estimate of drug-likeness (QED) is 0.538. The first-order valence-corrected chi connectivity index (χ1v) is 7.62. The Morgan fingerprint density at radius 3 is 2.78 bits per heavy atom. The summed E-state index contributed by atoms with van der Waals surface area (Å²) in [6.07, 6.45) is 2.99. The fourth-order valence-corrected chi connectivity index (χ4v) is 2.40. The largest absolute Gasteiger partial charge is 0.483 e. The van der Waals surface area contributed by atoms with Crippen LogP contribution in [0.2, 0.25) is 10.0 Å². The molecular formula is C14H10Cl2N4O2S. The second-order valence-corrected chi connectivity index (χ2v) is 5.60. The van der Waals surface area contributed by atoms with Gasteiger partial charge in [-0.15, -0.1) is 0 Å². The van der Waals surface area contributed by atoms with E-state index >= 15 is 0 Å². The maximum atomic E-state index is 6.04. The van der Waals surface area contributed by atoms with Gasteiger partial charge in [0.05, 0.1) is 16.3 Å². The van der Waals surface area contributed by atoms with Gasteiger partial charge < -0.3 is 9.15 Å². The molecule has 0 aliphatic heterocycles. The molecule has 2 aromatic heterocycles. The molecule has 23 heavy (non-hydrogen) atoms. The van der Waals surface area contributed by atoms with Gasteiger partial charge in [0.25, 0.3) is 0 Å². The van der Waals surface area contributed by atoms with Gasteiger partial charge in [-0.1, -0.05) is 29.3 Å². The van der Waals surface area contributed by atoms with E-state index in [4.69, 9.17) is 44.6 Å². The van der Waals surface area contributed by atoms with Gasteiger partial charge >= 0.3 is 0 Å². The summed E-state index contributed by atoms with van der Waals surface area (Å²) >= 11 is 17.1. The third-order valence-electron chi connectivity index (χ3n) is 2.80. The van der Waals surface area contributed by atoms with Crippen LogP contribution in [0, 0.1) is 4.77 Å². The van der Waals surface area contributed by atoms with Crippen LogP contribution in [0.1, 0.15) is 11.5 Å². The predicted molar refractivity (Wildman–Crippen MR) is 89.9 cm³/mol. The van der Waals surface area contributed by atoms with Crippen LogP contribution < -0.4 is 4.74 Å². The highest BCUT2D eigenvalue weighted by Gasteiger charge is 2.08. The monoisotopic (exact) mass is 368 g/mol. The minimum absolute atomic E-state index is 0.197. The Bertz CT molecular complexity index is 880. The van der Waals surface area contributed by atoms with Crippen molar-refractivity contribution in [3.8, 4) is 5.75 Å². The van der Waals surface area contributed by atoms with Crippen molar-refractivity contribution < 1.29 is 9.15 Å². The topological polar surface area (TPSA) is 68.3 Å². The van der Waals surface area contributed by atoms with Crippen LogP contribution in [-0.2, 0) is 6.61 Å². The lowest BCUT2D eigenvalue weighted by molar-refractivity contribution is 0.270. The van der Waals surface area contributed by atoms with Crippen molar-refractivity contribution in [1.82, 2.24) is 14.9 Å². The van der Waals surface area contributed by atoms with Crippen molar-refractivity contribution in [2.75, 3.05) is 0 Å². The summed E-state index contributed by atoms with van der Waals surface area (Å²) in [6, 6.07) is 8.70. The maximum absolute atomic E-state index is 6.04. The highest BCUT2D eigenvalue weighted by molar-refractivity contribution is 7.71. The number of furan rings is 1. The van der Waals surface area contributed by atoms with Crippen LogP contribution in [-0.4, -0.2) is 21.1 Å². The number of hydrogen-bond acceptors (Lipinski definition) is 5. The molecule has 2 heterocycles. The van der Waals surface area contributed by atoms with E-state index in [1.807, 2.05) is 0 Å². The van der Waals surface area contributed by atoms with Crippen molar-refractivity contribution in [3.05, 3.63) is 63.0 Å². The van der Waals surface area contributed by atoms with Crippen molar-refractivity contribution in [1.29, 1.82) is 0 Å². The van der Waals surface area contributed by atoms with E-state index in [0.29, 0.717) is 32.1 Å². The number of para-hydroxylation sites is 1. The van der Waals surface area contributed by atoms with Gasteiger partial charge in [0.1, 0.15) is 24.5 Å². The van der Waals surface area contributed by atoms with Crippen LogP contribution in [0.3, 0.4) is 0 Å². The molecule has 0 unspecified atom stereocenters. The number of aromatic amines is 1. The molecule has 0 radical (unpaired) electrons. The number of ether oxygens (including phenoxy) is 1. The molecule has 3 rings (SSSR count). The molecule has 0 aliphatic carbocycles. The first-order chi connectivity index (χ1) is 11.1. The highest BCUT2D eigenvalue weighted by Crippen LogP contribution is 2.32. The second-order valence-electron chi connectivity index (χ2n) is 4.39. The Balaban J connectivity index is 1.67. The van der Waals surface area contributed by atoms with E-state index in [1.54, 1.807) is 30.3 Å². The van der Waals surface area contributed by atoms with Crippen LogP contribution >= 0.6 is 35.4 Å². The summed E-state index contributed by atoms with van der Waals surface area (Å²) in [5, 5.41) is 11.4. The molecule has 1 aromatic carbocycles. The molecule has 0 aliphatic rings. The van der Waals surface area contributed by atoms with Crippen molar-refractivity contribution in [2.45, 2.75) is 6.61 Å². The summed E-state index contributed by atoms with van der Waals surface area (Å²) in [4.78, 5) is 0. The fourth-order valence-electron chi connectivity index (χ4n) is 1.75. The van der Waals surface area contributed by atoms with Crippen LogP contribution in [0.15, 0.2) is 46.2 Å². The Kier molecular flexibility index (Phi) is 4.80. The van der Waals surface area contributed by atoms with E-state index in [9.17, 15) is 0 Å². The zero-order chi connectivity index (χ0) is 16.2. The molecule has 0 saturated carbocycles. The number of halogens is 2. The highest BCUT2D eigenvalue weighted by atomic mass is 35.5. The summed E-state index contributed by atoms with van der Waals surface area (Å²) in [5.74, 6) is 1.59. The molecule has 0 bridgehead atoms. The standard InChI is InChI=1S/C14H10Cl2N4O2S/c15-11-2-1-3-12(16)13(11)21-7-10-5-4-9(22-10)6-18-20-8-17-19-14(20)23/h1-6,8H,7H2,(H,19,23). The summed E-state index contributed by atoms with van der Waals surface area (Å²) in [6.45, 7) is 0.197.